The first-order valence-electron chi connectivity index (χ1n) is 8.08. The van der Waals surface area contributed by atoms with Gasteiger partial charge in [-0.3, -0.25) is 9.48 Å². The van der Waals surface area contributed by atoms with E-state index in [-0.39, 0.29) is 11.8 Å². The van der Waals surface area contributed by atoms with Gasteiger partial charge in [0.2, 0.25) is 5.91 Å². The number of thiazole rings is 1. The smallest absolute Gasteiger partial charge is 0.223 e. The van der Waals surface area contributed by atoms with Gasteiger partial charge in [0.15, 0.2) is 5.13 Å². The Labute approximate surface area is 148 Å². The SMILES string of the molecule is Cn1cc(C2CN(C(=O)CCc3csc(N)n3)Cc3[nH]cnc32)cn1. The van der Waals surface area contributed by atoms with Gasteiger partial charge in [-0.2, -0.15) is 5.10 Å². The lowest BCUT2D eigenvalue weighted by Gasteiger charge is -2.31. The standard InChI is InChI=1S/C16H19N7OS/c1-22-5-10(4-20-22)12-6-23(7-13-15(12)19-9-18-13)14(24)3-2-11-8-25-16(17)21-11/h4-5,8-9,12H,2-3,6-7H2,1H3,(H2,17,21)(H,18,19). The second-order valence-electron chi connectivity index (χ2n) is 6.22. The Morgan fingerprint density at radius 1 is 1.52 bits per heavy atom. The number of carbonyl (C=O) groups is 1. The average molecular weight is 357 g/mol. The summed E-state index contributed by atoms with van der Waals surface area (Å²) in [5.74, 6) is 0.156. The second-order valence-corrected chi connectivity index (χ2v) is 7.11. The molecule has 1 atom stereocenters. The minimum absolute atomic E-state index is 0.0440. The zero-order valence-corrected chi connectivity index (χ0v) is 14.7. The number of anilines is 1. The Kier molecular flexibility index (Phi) is 4.00. The van der Waals surface area contributed by atoms with Crippen LogP contribution in [0, 0.1) is 0 Å². The number of amides is 1. The van der Waals surface area contributed by atoms with E-state index in [1.54, 1.807) is 11.0 Å². The van der Waals surface area contributed by atoms with Crippen molar-refractivity contribution in [1.29, 1.82) is 0 Å². The van der Waals surface area contributed by atoms with E-state index in [9.17, 15) is 4.79 Å². The van der Waals surface area contributed by atoms with Crippen molar-refractivity contribution >= 4 is 22.4 Å². The van der Waals surface area contributed by atoms with E-state index in [1.807, 2.05) is 29.7 Å². The van der Waals surface area contributed by atoms with E-state index in [2.05, 4.69) is 20.1 Å². The first-order chi connectivity index (χ1) is 12.1. The molecule has 130 valence electrons. The van der Waals surface area contributed by atoms with Gasteiger partial charge in [0, 0.05) is 43.1 Å². The lowest BCUT2D eigenvalue weighted by Crippen LogP contribution is -2.38. The number of H-pyrrole nitrogens is 1. The molecule has 9 heteroatoms. The fourth-order valence-electron chi connectivity index (χ4n) is 3.22. The predicted octanol–water partition coefficient (Wildman–Crippen LogP) is 1.29. The number of aryl methyl sites for hydroxylation is 2. The van der Waals surface area contributed by atoms with Crippen molar-refractivity contribution in [2.75, 3.05) is 12.3 Å². The third-order valence-corrected chi connectivity index (χ3v) is 5.20. The van der Waals surface area contributed by atoms with Crippen LogP contribution in [0.1, 0.15) is 35.0 Å². The normalized spacial score (nSPS) is 16.8. The zero-order chi connectivity index (χ0) is 17.4. The van der Waals surface area contributed by atoms with Crippen molar-refractivity contribution in [3.8, 4) is 0 Å². The van der Waals surface area contributed by atoms with Crippen LogP contribution in [-0.4, -0.2) is 42.1 Å². The molecule has 0 radical (unpaired) electrons. The number of nitrogen functional groups attached to an aromatic ring is 1. The van der Waals surface area contributed by atoms with Crippen molar-refractivity contribution in [2.45, 2.75) is 25.3 Å². The number of aromatic amines is 1. The summed E-state index contributed by atoms with van der Waals surface area (Å²) in [5.41, 5.74) is 9.59. The first-order valence-corrected chi connectivity index (χ1v) is 8.96. The van der Waals surface area contributed by atoms with E-state index < -0.39 is 0 Å². The molecular weight excluding hydrogens is 338 g/mol. The predicted molar refractivity (Wildman–Crippen MR) is 93.9 cm³/mol. The summed E-state index contributed by atoms with van der Waals surface area (Å²) in [6.07, 6.45) is 6.55. The highest BCUT2D eigenvalue weighted by Crippen LogP contribution is 2.31. The molecule has 25 heavy (non-hydrogen) atoms. The van der Waals surface area contributed by atoms with Gasteiger partial charge in [0.05, 0.1) is 36.2 Å². The van der Waals surface area contributed by atoms with Crippen molar-refractivity contribution in [2.24, 2.45) is 7.05 Å². The lowest BCUT2D eigenvalue weighted by molar-refractivity contribution is -0.132. The highest BCUT2D eigenvalue weighted by atomic mass is 32.1. The third kappa shape index (κ3) is 3.14. The van der Waals surface area contributed by atoms with E-state index >= 15 is 0 Å². The molecule has 0 aromatic carbocycles. The summed E-state index contributed by atoms with van der Waals surface area (Å²) < 4.78 is 1.77. The van der Waals surface area contributed by atoms with Crippen LogP contribution < -0.4 is 5.73 Å². The van der Waals surface area contributed by atoms with Crippen LogP contribution >= 0.6 is 11.3 Å². The molecule has 4 heterocycles. The van der Waals surface area contributed by atoms with Crippen molar-refractivity contribution < 1.29 is 4.79 Å². The monoisotopic (exact) mass is 357 g/mol. The number of rotatable bonds is 4. The quantitative estimate of drug-likeness (QED) is 0.732. The Hall–Kier alpha value is -2.68. The van der Waals surface area contributed by atoms with E-state index in [0.717, 1.165) is 22.6 Å². The maximum absolute atomic E-state index is 12.7. The van der Waals surface area contributed by atoms with Gasteiger partial charge < -0.3 is 15.6 Å². The fourth-order valence-corrected chi connectivity index (χ4v) is 3.82. The molecule has 0 fully saturated rings. The van der Waals surface area contributed by atoms with E-state index in [4.69, 9.17) is 5.73 Å². The van der Waals surface area contributed by atoms with E-state index in [1.165, 1.54) is 11.3 Å². The second kappa shape index (κ2) is 6.32. The molecule has 4 rings (SSSR count). The van der Waals surface area contributed by atoms with Gasteiger partial charge in [-0.1, -0.05) is 0 Å². The molecule has 0 spiro atoms. The van der Waals surface area contributed by atoms with Crippen LogP contribution in [0.2, 0.25) is 0 Å². The molecule has 3 aromatic rings. The summed E-state index contributed by atoms with van der Waals surface area (Å²) in [4.78, 5) is 26.4. The average Bonchev–Trinajstić information content (AvgIpc) is 3.32. The number of carbonyl (C=O) groups excluding carboxylic acids is 1. The number of aromatic nitrogens is 5. The Morgan fingerprint density at radius 3 is 3.12 bits per heavy atom. The molecule has 1 unspecified atom stereocenters. The minimum Gasteiger partial charge on any atom is -0.375 e. The van der Waals surface area contributed by atoms with Crippen LogP contribution in [0.3, 0.4) is 0 Å². The Balaban J connectivity index is 1.50. The molecule has 3 aromatic heterocycles. The van der Waals surface area contributed by atoms with E-state index in [0.29, 0.717) is 31.1 Å². The summed E-state index contributed by atoms with van der Waals surface area (Å²) in [6, 6.07) is 0. The fraction of sp³-hybridized carbons (Fsp3) is 0.375. The zero-order valence-electron chi connectivity index (χ0n) is 13.8. The van der Waals surface area contributed by atoms with Gasteiger partial charge in [-0.15, -0.1) is 11.3 Å². The van der Waals surface area contributed by atoms with Crippen LogP contribution in [0.5, 0.6) is 0 Å². The molecular formula is C16H19N7OS. The molecule has 1 aliphatic rings. The maximum Gasteiger partial charge on any atom is 0.223 e. The van der Waals surface area contributed by atoms with Crippen molar-refractivity contribution in [3.63, 3.8) is 0 Å². The third-order valence-electron chi connectivity index (χ3n) is 4.48. The molecule has 1 amide bonds. The Bertz CT molecular complexity index is 896. The number of nitrogens with two attached hydrogens (primary N) is 1. The van der Waals surface area contributed by atoms with Gasteiger partial charge >= 0.3 is 0 Å². The summed E-state index contributed by atoms with van der Waals surface area (Å²) >= 11 is 1.40. The maximum atomic E-state index is 12.7. The summed E-state index contributed by atoms with van der Waals surface area (Å²) in [6.45, 7) is 1.17. The number of hydrogen-bond donors (Lipinski definition) is 2. The Morgan fingerprint density at radius 2 is 2.40 bits per heavy atom. The molecule has 0 saturated carbocycles. The molecule has 8 nitrogen and oxygen atoms in total. The number of imidazole rings is 1. The van der Waals surface area contributed by atoms with Crippen LogP contribution in [-0.2, 0) is 24.8 Å². The molecule has 0 aliphatic carbocycles. The number of hydrogen-bond acceptors (Lipinski definition) is 6. The summed E-state index contributed by atoms with van der Waals surface area (Å²) in [7, 11) is 1.89. The van der Waals surface area contributed by atoms with Crippen molar-refractivity contribution in [3.05, 3.63) is 46.7 Å². The first kappa shape index (κ1) is 15.8. The van der Waals surface area contributed by atoms with Gasteiger partial charge in [-0.25, -0.2) is 9.97 Å². The van der Waals surface area contributed by atoms with Crippen LogP contribution in [0.25, 0.3) is 0 Å². The van der Waals surface area contributed by atoms with Gasteiger partial charge in [0.25, 0.3) is 0 Å². The van der Waals surface area contributed by atoms with Crippen LogP contribution in [0.15, 0.2) is 24.1 Å². The van der Waals surface area contributed by atoms with Gasteiger partial charge in [-0.05, 0) is 6.42 Å². The number of fused-ring (bicyclic) bond motifs is 1. The minimum atomic E-state index is 0.0440. The number of nitrogens with one attached hydrogen (secondary N) is 1. The molecule has 0 bridgehead atoms. The van der Waals surface area contributed by atoms with Crippen LogP contribution in [0.4, 0.5) is 5.13 Å². The largest absolute Gasteiger partial charge is 0.375 e. The molecule has 1 aliphatic heterocycles. The highest BCUT2D eigenvalue weighted by molar-refractivity contribution is 7.13. The lowest BCUT2D eigenvalue weighted by atomic mass is 9.93. The number of nitrogens with zero attached hydrogens (tertiary/aromatic N) is 5. The van der Waals surface area contributed by atoms with Crippen molar-refractivity contribution in [1.82, 2.24) is 29.6 Å². The summed E-state index contributed by atoms with van der Waals surface area (Å²) in [5, 5.41) is 6.70. The van der Waals surface area contributed by atoms with Gasteiger partial charge in [0.1, 0.15) is 0 Å². The molecule has 0 saturated heterocycles. The topological polar surface area (TPSA) is 106 Å². The highest BCUT2D eigenvalue weighted by Gasteiger charge is 2.31. The molecule has 3 N–H and O–H groups in total.